The highest BCUT2D eigenvalue weighted by Gasteiger charge is 2.20. The molecule has 0 spiro atoms. The molecule has 3 heteroatoms. The van der Waals surface area contributed by atoms with Gasteiger partial charge in [-0.25, -0.2) is 0 Å². The monoisotopic (exact) mass is 356 g/mol. The summed E-state index contributed by atoms with van der Waals surface area (Å²) in [5, 5.41) is -0.0615. The molecule has 2 rings (SSSR count). The van der Waals surface area contributed by atoms with Gasteiger partial charge in [-0.05, 0) is 90.0 Å². The number of halogens is 2. The Bertz CT molecular complexity index is 582. The molecule has 0 fully saturated rings. The van der Waals surface area contributed by atoms with Crippen LogP contribution in [0.25, 0.3) is 0 Å². The van der Waals surface area contributed by atoms with Crippen LogP contribution in [0.1, 0.15) is 43.6 Å². The molecule has 1 unspecified atom stereocenters. The number of rotatable bonds is 2. The first-order valence-corrected chi connectivity index (χ1v) is 8.34. The van der Waals surface area contributed by atoms with Crippen molar-refractivity contribution in [1.29, 1.82) is 0 Å². The van der Waals surface area contributed by atoms with Gasteiger partial charge in [-0.15, -0.1) is 22.9 Å². The summed E-state index contributed by atoms with van der Waals surface area (Å²) in [6.45, 7) is 10.8. The SMILES string of the molecule is Cc1cc(C(Cl)c2c(C)c(C)cc(C)c2C)sc1Br. The molecule has 102 valence electrons. The fraction of sp³-hybridized carbons (Fsp3) is 0.375. The Labute approximate surface area is 132 Å². The second kappa shape index (κ2) is 5.59. The predicted octanol–water partition coefficient (Wildman–Crippen LogP) is 6.38. The van der Waals surface area contributed by atoms with Gasteiger partial charge in [0.05, 0.1) is 9.16 Å². The van der Waals surface area contributed by atoms with Gasteiger partial charge in [-0.2, -0.15) is 0 Å². The predicted molar refractivity (Wildman–Crippen MR) is 89.8 cm³/mol. The summed E-state index contributed by atoms with van der Waals surface area (Å²) in [5.41, 5.74) is 7.78. The summed E-state index contributed by atoms with van der Waals surface area (Å²) in [4.78, 5) is 1.21. The van der Waals surface area contributed by atoms with Gasteiger partial charge in [0.15, 0.2) is 0 Å². The summed E-state index contributed by atoms with van der Waals surface area (Å²) in [5.74, 6) is 0. The van der Waals surface area contributed by atoms with Gasteiger partial charge >= 0.3 is 0 Å². The van der Waals surface area contributed by atoms with E-state index in [1.165, 1.54) is 42.0 Å². The smallest absolute Gasteiger partial charge is 0.0933 e. The number of hydrogen-bond acceptors (Lipinski definition) is 1. The van der Waals surface area contributed by atoms with Crippen LogP contribution in [0.5, 0.6) is 0 Å². The van der Waals surface area contributed by atoms with E-state index in [1.807, 2.05) is 0 Å². The second-order valence-corrected chi connectivity index (χ2v) is 7.98. The summed E-state index contributed by atoms with van der Waals surface area (Å²) >= 11 is 12.1. The Balaban J connectivity index is 2.58. The lowest BCUT2D eigenvalue weighted by molar-refractivity contribution is 1.07. The average Bonchev–Trinajstić information content (AvgIpc) is 2.67. The van der Waals surface area contributed by atoms with Crippen LogP contribution in [0.3, 0.4) is 0 Å². The molecule has 0 radical (unpaired) electrons. The number of thiophene rings is 1. The topological polar surface area (TPSA) is 0 Å². The van der Waals surface area contributed by atoms with Gasteiger partial charge in [-0.1, -0.05) is 6.07 Å². The third-order valence-corrected chi connectivity index (χ3v) is 6.59. The standard InChI is InChI=1S/C16H18BrClS/c1-8-6-9(2)12(5)14(11(8)4)15(18)13-7-10(3)16(17)19-13/h6-7,15H,1-5H3. The van der Waals surface area contributed by atoms with Crippen molar-refractivity contribution in [3.8, 4) is 0 Å². The lowest BCUT2D eigenvalue weighted by Gasteiger charge is -2.19. The fourth-order valence-electron chi connectivity index (χ4n) is 2.38. The third kappa shape index (κ3) is 2.76. The number of alkyl halides is 1. The van der Waals surface area contributed by atoms with E-state index in [4.69, 9.17) is 11.6 Å². The molecule has 0 N–H and O–H groups in total. The maximum atomic E-state index is 6.76. The highest BCUT2D eigenvalue weighted by molar-refractivity contribution is 9.11. The van der Waals surface area contributed by atoms with E-state index in [0.717, 1.165) is 0 Å². The minimum absolute atomic E-state index is 0.0615. The van der Waals surface area contributed by atoms with Gasteiger partial charge in [0.1, 0.15) is 0 Å². The third-order valence-electron chi connectivity index (χ3n) is 3.80. The van der Waals surface area contributed by atoms with E-state index in [2.05, 4.69) is 62.7 Å². The first-order valence-electron chi connectivity index (χ1n) is 6.30. The summed E-state index contributed by atoms with van der Waals surface area (Å²) in [6, 6.07) is 4.43. The molecule has 0 saturated carbocycles. The minimum atomic E-state index is -0.0615. The van der Waals surface area contributed by atoms with Gasteiger partial charge < -0.3 is 0 Å². The zero-order chi connectivity index (χ0) is 14.3. The van der Waals surface area contributed by atoms with Crippen molar-refractivity contribution >= 4 is 38.9 Å². The van der Waals surface area contributed by atoms with E-state index in [9.17, 15) is 0 Å². The quantitative estimate of drug-likeness (QED) is 0.547. The van der Waals surface area contributed by atoms with Crippen molar-refractivity contribution in [3.05, 3.63) is 54.2 Å². The minimum Gasteiger partial charge on any atom is -0.131 e. The highest BCUT2D eigenvalue weighted by atomic mass is 79.9. The number of aryl methyl sites for hydroxylation is 3. The van der Waals surface area contributed by atoms with E-state index in [-0.39, 0.29) is 5.38 Å². The maximum Gasteiger partial charge on any atom is 0.0933 e. The van der Waals surface area contributed by atoms with Crippen LogP contribution in [0, 0.1) is 34.6 Å². The molecular weight excluding hydrogens is 340 g/mol. The summed E-state index contributed by atoms with van der Waals surface area (Å²) < 4.78 is 1.17. The molecule has 1 aromatic carbocycles. The van der Waals surface area contributed by atoms with Gasteiger partial charge in [0, 0.05) is 4.88 Å². The average molecular weight is 358 g/mol. The summed E-state index contributed by atoms with van der Waals surface area (Å²) in [7, 11) is 0. The van der Waals surface area contributed by atoms with Crippen molar-refractivity contribution < 1.29 is 0 Å². The van der Waals surface area contributed by atoms with Gasteiger partial charge in [0.25, 0.3) is 0 Å². The van der Waals surface area contributed by atoms with Crippen LogP contribution in [0.4, 0.5) is 0 Å². The van der Waals surface area contributed by atoms with Crippen molar-refractivity contribution in [1.82, 2.24) is 0 Å². The second-order valence-electron chi connectivity index (χ2n) is 5.14. The normalized spacial score (nSPS) is 12.8. The molecule has 1 atom stereocenters. The van der Waals surface area contributed by atoms with Crippen LogP contribution in [0.2, 0.25) is 0 Å². The summed E-state index contributed by atoms with van der Waals surface area (Å²) in [6.07, 6.45) is 0. The van der Waals surface area contributed by atoms with Crippen LogP contribution in [-0.4, -0.2) is 0 Å². The largest absolute Gasteiger partial charge is 0.131 e. The molecule has 0 saturated heterocycles. The van der Waals surface area contributed by atoms with Crippen LogP contribution >= 0.6 is 38.9 Å². The van der Waals surface area contributed by atoms with Crippen molar-refractivity contribution in [2.24, 2.45) is 0 Å². The molecular formula is C16H18BrClS. The van der Waals surface area contributed by atoms with Crippen molar-refractivity contribution in [2.45, 2.75) is 40.0 Å². The fourth-order valence-corrected chi connectivity index (χ4v) is 4.46. The lowest BCUT2D eigenvalue weighted by atomic mass is 9.91. The Morgan fingerprint density at radius 3 is 1.89 bits per heavy atom. The van der Waals surface area contributed by atoms with Gasteiger partial charge in [0.2, 0.25) is 0 Å². The molecule has 0 aliphatic heterocycles. The zero-order valence-corrected chi connectivity index (χ0v) is 15.1. The molecule has 0 amide bonds. The Hall–Kier alpha value is -0.310. The van der Waals surface area contributed by atoms with Crippen LogP contribution in [-0.2, 0) is 0 Å². The molecule has 19 heavy (non-hydrogen) atoms. The van der Waals surface area contributed by atoms with E-state index >= 15 is 0 Å². The van der Waals surface area contributed by atoms with Crippen molar-refractivity contribution in [2.75, 3.05) is 0 Å². The molecule has 0 nitrogen and oxygen atoms in total. The Kier molecular flexibility index (Phi) is 4.44. The molecule has 1 heterocycles. The molecule has 1 aromatic heterocycles. The highest BCUT2D eigenvalue weighted by Crippen LogP contribution is 2.41. The number of hydrogen-bond donors (Lipinski definition) is 0. The Morgan fingerprint density at radius 1 is 0.947 bits per heavy atom. The van der Waals surface area contributed by atoms with Crippen molar-refractivity contribution in [3.63, 3.8) is 0 Å². The molecule has 0 aliphatic rings. The lowest BCUT2D eigenvalue weighted by Crippen LogP contribution is -2.02. The van der Waals surface area contributed by atoms with Crippen LogP contribution < -0.4 is 0 Å². The Morgan fingerprint density at radius 2 is 1.47 bits per heavy atom. The molecule has 0 bridgehead atoms. The van der Waals surface area contributed by atoms with Crippen LogP contribution in [0.15, 0.2) is 15.9 Å². The van der Waals surface area contributed by atoms with E-state index < -0.39 is 0 Å². The first kappa shape index (κ1) is 15.1. The first-order chi connectivity index (χ1) is 8.82. The van der Waals surface area contributed by atoms with E-state index in [1.54, 1.807) is 11.3 Å². The van der Waals surface area contributed by atoms with Gasteiger partial charge in [-0.3, -0.25) is 0 Å². The molecule has 0 aliphatic carbocycles. The zero-order valence-electron chi connectivity index (χ0n) is 11.9. The molecule has 2 aromatic rings. The number of benzene rings is 1. The van der Waals surface area contributed by atoms with E-state index in [0.29, 0.717) is 0 Å². The maximum absolute atomic E-state index is 6.76.